The molecule has 1 N–H and O–H groups in total. The molecule has 0 radical (unpaired) electrons. The summed E-state index contributed by atoms with van der Waals surface area (Å²) in [4.78, 5) is 14.3. The van der Waals surface area contributed by atoms with Crippen LogP contribution < -0.4 is 19.7 Å². The molecule has 2 aromatic rings. The van der Waals surface area contributed by atoms with Gasteiger partial charge in [-0.3, -0.25) is 4.79 Å². The maximum Gasteiger partial charge on any atom is 0.266 e. The topological polar surface area (TPSA) is 74.6 Å². The molecule has 1 aliphatic heterocycles. The fourth-order valence-corrected chi connectivity index (χ4v) is 3.51. The summed E-state index contributed by atoms with van der Waals surface area (Å²) in [6, 6.07) is 15.3. The normalized spacial score (nSPS) is 16.5. The number of anilines is 1. The van der Waals surface area contributed by atoms with Crippen LogP contribution in [0.15, 0.2) is 53.1 Å². The molecule has 0 saturated heterocycles. The average Bonchev–Trinajstić information content (AvgIpc) is 2.73. The van der Waals surface area contributed by atoms with E-state index in [0.717, 1.165) is 17.7 Å². The van der Waals surface area contributed by atoms with Crippen molar-refractivity contribution < 1.29 is 14.3 Å². The van der Waals surface area contributed by atoms with Crippen LogP contribution in [0.25, 0.3) is 0 Å². The Hall–Kier alpha value is -3.11. The zero-order chi connectivity index (χ0) is 20.3. The van der Waals surface area contributed by atoms with E-state index in [1.54, 1.807) is 26.4 Å². The highest BCUT2D eigenvalue weighted by molar-refractivity contribution is 7.84. The molecule has 3 rings (SSSR count). The van der Waals surface area contributed by atoms with Crippen molar-refractivity contribution in [1.29, 1.82) is 5.26 Å². The largest absolute Gasteiger partial charge is 0.493 e. The Morgan fingerprint density at radius 2 is 1.82 bits per heavy atom. The Labute approximate surface area is 169 Å². The number of amides is 1. The van der Waals surface area contributed by atoms with E-state index >= 15 is 0 Å². The molecule has 1 atom stereocenters. The number of nitrogens with zero attached hydrogens (tertiary/aromatic N) is 2. The number of methoxy groups -OCH3 is 2. The molecule has 1 heterocycles. The number of carbonyl (C=O) groups is 1. The van der Waals surface area contributed by atoms with Crippen LogP contribution in [0.1, 0.15) is 24.2 Å². The first-order valence-corrected chi connectivity index (χ1v) is 9.23. The van der Waals surface area contributed by atoms with Crippen LogP contribution in [-0.4, -0.2) is 20.1 Å². The second-order valence-electron chi connectivity index (χ2n) is 6.19. The Kier molecular flexibility index (Phi) is 5.81. The maximum absolute atomic E-state index is 12.5. The SMILES string of the molecule is CCc1ccc(N2C(S)=C(C#N)C(=O)NC2c2ccc(OC)c(OC)c2)cc1. The van der Waals surface area contributed by atoms with E-state index in [0.29, 0.717) is 16.5 Å². The van der Waals surface area contributed by atoms with Crippen molar-refractivity contribution in [3.63, 3.8) is 0 Å². The number of carbonyl (C=O) groups excluding carboxylic acids is 1. The smallest absolute Gasteiger partial charge is 0.266 e. The van der Waals surface area contributed by atoms with Crippen molar-refractivity contribution in [2.45, 2.75) is 19.5 Å². The van der Waals surface area contributed by atoms with E-state index < -0.39 is 12.1 Å². The predicted octanol–water partition coefficient (Wildman–Crippen LogP) is 3.57. The minimum absolute atomic E-state index is 0.0281. The molecule has 1 unspecified atom stereocenters. The maximum atomic E-state index is 12.5. The molecule has 0 aromatic heterocycles. The quantitative estimate of drug-likeness (QED) is 0.757. The van der Waals surface area contributed by atoms with Crippen molar-refractivity contribution in [3.05, 3.63) is 64.2 Å². The third kappa shape index (κ3) is 3.51. The fraction of sp³-hybridized carbons (Fsp3) is 0.238. The lowest BCUT2D eigenvalue weighted by Crippen LogP contribution is -2.46. The van der Waals surface area contributed by atoms with Crippen LogP contribution in [0.3, 0.4) is 0 Å². The number of ether oxygens (including phenoxy) is 2. The monoisotopic (exact) mass is 395 g/mol. The highest BCUT2D eigenvalue weighted by atomic mass is 32.1. The standard InChI is InChI=1S/C21H21N3O3S/c1-4-13-5-8-15(9-6-13)24-19(23-20(25)16(12-22)21(24)28)14-7-10-17(26-2)18(11-14)27-3/h5-11,19,28H,4H2,1-3H3,(H,23,25). The van der Waals surface area contributed by atoms with Crippen molar-refractivity contribution in [3.8, 4) is 17.6 Å². The second-order valence-corrected chi connectivity index (χ2v) is 6.61. The summed E-state index contributed by atoms with van der Waals surface area (Å²) in [5.74, 6) is 0.673. The highest BCUT2D eigenvalue weighted by Crippen LogP contribution is 2.38. The van der Waals surface area contributed by atoms with Crippen LogP contribution in [-0.2, 0) is 11.2 Å². The van der Waals surface area contributed by atoms with Crippen molar-refractivity contribution in [1.82, 2.24) is 5.32 Å². The summed E-state index contributed by atoms with van der Waals surface area (Å²) in [5.41, 5.74) is 2.75. The molecule has 0 aliphatic carbocycles. The molecule has 144 valence electrons. The van der Waals surface area contributed by atoms with Gasteiger partial charge in [0, 0.05) is 5.69 Å². The number of thiol groups is 1. The van der Waals surface area contributed by atoms with E-state index in [9.17, 15) is 10.1 Å². The lowest BCUT2D eigenvalue weighted by atomic mass is 10.1. The number of hydrogen-bond donors (Lipinski definition) is 2. The summed E-state index contributed by atoms with van der Waals surface area (Å²) >= 11 is 4.51. The molecule has 0 fully saturated rings. The van der Waals surface area contributed by atoms with Gasteiger partial charge in [-0.25, -0.2) is 0 Å². The van der Waals surface area contributed by atoms with Gasteiger partial charge in [0.2, 0.25) is 0 Å². The molecular formula is C21H21N3O3S. The van der Waals surface area contributed by atoms with E-state index in [-0.39, 0.29) is 5.57 Å². The summed E-state index contributed by atoms with van der Waals surface area (Å²) in [7, 11) is 3.12. The molecule has 1 amide bonds. The minimum Gasteiger partial charge on any atom is -0.493 e. The lowest BCUT2D eigenvalue weighted by Gasteiger charge is -2.38. The molecule has 7 heteroatoms. The van der Waals surface area contributed by atoms with Crippen molar-refractivity contribution >= 4 is 24.2 Å². The van der Waals surface area contributed by atoms with Crippen LogP contribution >= 0.6 is 12.6 Å². The number of aryl methyl sites for hydroxylation is 1. The zero-order valence-corrected chi connectivity index (χ0v) is 16.8. The molecule has 0 saturated carbocycles. The van der Waals surface area contributed by atoms with Gasteiger partial charge in [0.15, 0.2) is 11.5 Å². The van der Waals surface area contributed by atoms with Gasteiger partial charge in [-0.2, -0.15) is 5.26 Å². The number of rotatable bonds is 5. The molecule has 28 heavy (non-hydrogen) atoms. The summed E-state index contributed by atoms with van der Waals surface area (Å²) in [5, 5.41) is 12.6. The molecular weight excluding hydrogens is 374 g/mol. The van der Waals surface area contributed by atoms with Gasteiger partial charge < -0.3 is 19.7 Å². The molecule has 0 spiro atoms. The summed E-state index contributed by atoms with van der Waals surface area (Å²) < 4.78 is 10.7. The van der Waals surface area contributed by atoms with Gasteiger partial charge in [0.1, 0.15) is 17.8 Å². The molecule has 1 aliphatic rings. The zero-order valence-electron chi connectivity index (χ0n) is 15.9. The third-order valence-electron chi connectivity index (χ3n) is 4.66. The fourth-order valence-electron chi connectivity index (χ4n) is 3.12. The number of nitrogens with one attached hydrogen (secondary N) is 1. The first-order valence-electron chi connectivity index (χ1n) is 8.78. The van der Waals surface area contributed by atoms with Gasteiger partial charge in [-0.15, -0.1) is 12.6 Å². The molecule has 6 nitrogen and oxygen atoms in total. The van der Waals surface area contributed by atoms with Crippen molar-refractivity contribution in [2.75, 3.05) is 19.1 Å². The van der Waals surface area contributed by atoms with E-state index in [1.807, 2.05) is 41.3 Å². The van der Waals surface area contributed by atoms with E-state index in [1.165, 1.54) is 5.56 Å². The van der Waals surface area contributed by atoms with E-state index in [2.05, 4.69) is 24.9 Å². The van der Waals surface area contributed by atoms with Gasteiger partial charge in [0.05, 0.1) is 19.2 Å². The molecule has 0 bridgehead atoms. The van der Waals surface area contributed by atoms with Crippen LogP contribution in [0.2, 0.25) is 0 Å². The van der Waals surface area contributed by atoms with Crippen LogP contribution in [0, 0.1) is 11.3 Å². The van der Waals surface area contributed by atoms with Gasteiger partial charge >= 0.3 is 0 Å². The average molecular weight is 395 g/mol. The number of benzene rings is 2. The number of nitriles is 1. The van der Waals surface area contributed by atoms with Gasteiger partial charge in [-0.05, 0) is 41.8 Å². The Morgan fingerprint density at radius 1 is 1.14 bits per heavy atom. The Bertz CT molecular complexity index is 964. The third-order valence-corrected chi connectivity index (χ3v) is 5.10. The first-order chi connectivity index (χ1) is 13.5. The minimum atomic E-state index is -0.551. The molecule has 2 aromatic carbocycles. The first kappa shape index (κ1) is 19.6. The summed E-state index contributed by atoms with van der Waals surface area (Å²) in [6.45, 7) is 2.08. The predicted molar refractivity (Wildman–Crippen MR) is 110 cm³/mol. The number of hydrogen-bond acceptors (Lipinski definition) is 6. The van der Waals surface area contributed by atoms with Gasteiger partial charge in [-0.1, -0.05) is 25.1 Å². The Balaban J connectivity index is 2.13. The lowest BCUT2D eigenvalue weighted by molar-refractivity contribution is -0.118. The van der Waals surface area contributed by atoms with Crippen molar-refractivity contribution in [2.24, 2.45) is 0 Å². The van der Waals surface area contributed by atoms with E-state index in [4.69, 9.17) is 9.47 Å². The summed E-state index contributed by atoms with van der Waals surface area (Å²) in [6.07, 6.45) is 0.368. The Morgan fingerprint density at radius 3 is 2.39 bits per heavy atom. The van der Waals surface area contributed by atoms with Crippen LogP contribution in [0.5, 0.6) is 11.5 Å². The second kappa shape index (κ2) is 8.28. The highest BCUT2D eigenvalue weighted by Gasteiger charge is 2.34. The van der Waals surface area contributed by atoms with Gasteiger partial charge in [0.25, 0.3) is 5.91 Å². The van der Waals surface area contributed by atoms with Crippen LogP contribution in [0.4, 0.5) is 5.69 Å².